The second-order valence-electron chi connectivity index (χ2n) is 9.35. The van der Waals surface area contributed by atoms with Gasteiger partial charge in [-0.05, 0) is 37.1 Å². The Hall–Kier alpha value is -3.25. The lowest BCUT2D eigenvalue weighted by Crippen LogP contribution is -2.65. The van der Waals surface area contributed by atoms with Gasteiger partial charge in [0.15, 0.2) is 0 Å². The van der Waals surface area contributed by atoms with Gasteiger partial charge in [-0.2, -0.15) is 23.4 Å². The van der Waals surface area contributed by atoms with Crippen LogP contribution in [0.3, 0.4) is 0 Å². The van der Waals surface area contributed by atoms with Crippen LogP contribution in [0.1, 0.15) is 37.3 Å². The molecule has 1 saturated carbocycles. The van der Waals surface area contributed by atoms with Crippen molar-refractivity contribution in [2.24, 2.45) is 16.1 Å². The fourth-order valence-corrected chi connectivity index (χ4v) is 5.03. The van der Waals surface area contributed by atoms with E-state index in [0.717, 1.165) is 11.0 Å². The Labute approximate surface area is 201 Å². The molecule has 3 aliphatic rings. The number of halogens is 6. The highest BCUT2D eigenvalue weighted by Crippen LogP contribution is 2.50. The molecule has 0 spiro atoms. The maximum atomic E-state index is 13.7. The SMILES string of the molecule is C[C@H]1[C@@H](C(=O)Cc2ccc(F)c(C(F)(F)F)c2)CCN1C(=O)C(=O)NC1(C2=CCN=N2)CC(F)(F)C1. The molecule has 1 aromatic rings. The Kier molecular flexibility index (Phi) is 6.46. The summed E-state index contributed by atoms with van der Waals surface area (Å²) in [5.74, 6) is -7.85. The molecule has 2 atom stereocenters. The zero-order valence-corrected chi connectivity index (χ0v) is 19.0. The molecule has 194 valence electrons. The second-order valence-corrected chi connectivity index (χ2v) is 9.35. The number of nitrogens with one attached hydrogen (secondary N) is 1. The number of nitrogens with zero attached hydrogens (tertiary/aromatic N) is 3. The van der Waals surface area contributed by atoms with Crippen molar-refractivity contribution in [2.75, 3.05) is 13.1 Å². The molecule has 1 aromatic carbocycles. The van der Waals surface area contributed by atoms with E-state index in [1.54, 1.807) is 0 Å². The summed E-state index contributed by atoms with van der Waals surface area (Å²) < 4.78 is 79.8. The fraction of sp³-hybridized carbons (Fsp3) is 0.522. The first kappa shape index (κ1) is 25.8. The topological polar surface area (TPSA) is 91.2 Å². The van der Waals surface area contributed by atoms with Crippen LogP contribution >= 0.6 is 0 Å². The van der Waals surface area contributed by atoms with Crippen LogP contribution in [0.4, 0.5) is 26.3 Å². The summed E-state index contributed by atoms with van der Waals surface area (Å²) in [5, 5.41) is 9.88. The van der Waals surface area contributed by atoms with Crippen molar-refractivity contribution in [2.45, 2.75) is 56.3 Å². The third-order valence-electron chi connectivity index (χ3n) is 6.85. The smallest absolute Gasteiger partial charge is 0.336 e. The largest absolute Gasteiger partial charge is 0.419 e. The number of Topliss-reactive ketones (excluding diaryl/α,β-unsaturated/α-hetero) is 1. The quantitative estimate of drug-likeness (QED) is 0.477. The number of alkyl halides is 5. The molecular weight excluding hydrogens is 494 g/mol. The van der Waals surface area contributed by atoms with Crippen LogP contribution in [0.25, 0.3) is 0 Å². The molecule has 2 aliphatic heterocycles. The van der Waals surface area contributed by atoms with Crippen LogP contribution in [0.15, 0.2) is 40.2 Å². The predicted octanol–water partition coefficient (Wildman–Crippen LogP) is 3.83. The molecule has 1 saturated heterocycles. The monoisotopic (exact) mass is 516 g/mol. The molecule has 2 heterocycles. The van der Waals surface area contributed by atoms with E-state index < -0.39 is 77.8 Å². The third kappa shape index (κ3) is 4.87. The lowest BCUT2D eigenvalue weighted by molar-refractivity contribution is -0.154. The number of amides is 2. The van der Waals surface area contributed by atoms with Crippen molar-refractivity contribution in [1.29, 1.82) is 0 Å². The Morgan fingerprint density at radius 3 is 2.47 bits per heavy atom. The van der Waals surface area contributed by atoms with Crippen molar-refractivity contribution in [3.05, 3.63) is 46.9 Å². The van der Waals surface area contributed by atoms with Crippen LogP contribution in [0.2, 0.25) is 0 Å². The summed E-state index contributed by atoms with van der Waals surface area (Å²) in [5.41, 5.74) is -2.86. The summed E-state index contributed by atoms with van der Waals surface area (Å²) >= 11 is 0. The first-order valence-corrected chi connectivity index (χ1v) is 11.2. The number of hydrogen-bond donors (Lipinski definition) is 1. The van der Waals surface area contributed by atoms with Crippen molar-refractivity contribution in [3.8, 4) is 0 Å². The molecule has 0 aromatic heterocycles. The number of azo groups is 1. The average Bonchev–Trinajstić information content (AvgIpc) is 3.42. The maximum Gasteiger partial charge on any atom is 0.419 e. The summed E-state index contributed by atoms with van der Waals surface area (Å²) in [6.45, 7) is 1.72. The van der Waals surface area contributed by atoms with E-state index in [9.17, 15) is 40.7 Å². The molecule has 13 heteroatoms. The van der Waals surface area contributed by atoms with Crippen molar-refractivity contribution < 1.29 is 40.7 Å². The summed E-state index contributed by atoms with van der Waals surface area (Å²) in [4.78, 5) is 39.5. The van der Waals surface area contributed by atoms with Gasteiger partial charge >= 0.3 is 18.0 Å². The number of rotatable bonds is 5. The normalized spacial score (nSPS) is 24.3. The molecule has 2 amide bonds. The molecule has 0 bridgehead atoms. The van der Waals surface area contributed by atoms with Gasteiger partial charge in [-0.25, -0.2) is 13.2 Å². The van der Waals surface area contributed by atoms with E-state index in [1.807, 2.05) is 0 Å². The maximum absolute atomic E-state index is 13.7. The minimum Gasteiger partial charge on any atom is -0.336 e. The zero-order chi connectivity index (χ0) is 26.5. The Balaban J connectivity index is 1.41. The first-order valence-electron chi connectivity index (χ1n) is 11.2. The second kappa shape index (κ2) is 9.00. The summed E-state index contributed by atoms with van der Waals surface area (Å²) in [7, 11) is 0. The Morgan fingerprint density at radius 2 is 1.89 bits per heavy atom. The van der Waals surface area contributed by atoms with Crippen LogP contribution in [-0.4, -0.2) is 53.1 Å². The van der Waals surface area contributed by atoms with Gasteiger partial charge in [0.05, 0.1) is 23.3 Å². The van der Waals surface area contributed by atoms with Gasteiger partial charge in [-0.15, -0.1) is 0 Å². The molecule has 1 N–H and O–H groups in total. The number of likely N-dealkylation sites (tertiary alicyclic amines) is 1. The zero-order valence-electron chi connectivity index (χ0n) is 19.0. The summed E-state index contributed by atoms with van der Waals surface area (Å²) in [6.07, 6.45) is -5.13. The molecule has 1 aliphatic carbocycles. The molecule has 2 fully saturated rings. The first-order chi connectivity index (χ1) is 16.7. The number of carbonyl (C=O) groups excluding carboxylic acids is 3. The fourth-order valence-electron chi connectivity index (χ4n) is 5.03. The van der Waals surface area contributed by atoms with E-state index in [4.69, 9.17) is 0 Å². The minimum atomic E-state index is -4.92. The minimum absolute atomic E-state index is 0.0204. The van der Waals surface area contributed by atoms with E-state index in [0.29, 0.717) is 12.1 Å². The highest BCUT2D eigenvalue weighted by atomic mass is 19.4. The van der Waals surface area contributed by atoms with Gasteiger partial charge in [0, 0.05) is 37.8 Å². The molecular formula is C23H22F6N4O3. The van der Waals surface area contributed by atoms with Crippen LogP contribution in [-0.2, 0) is 27.0 Å². The number of ketones is 1. The Bertz CT molecular complexity index is 1150. The van der Waals surface area contributed by atoms with Crippen LogP contribution in [0.5, 0.6) is 0 Å². The lowest BCUT2D eigenvalue weighted by Gasteiger charge is -2.47. The molecule has 7 nitrogen and oxygen atoms in total. The van der Waals surface area contributed by atoms with Gasteiger partial charge in [0.1, 0.15) is 11.6 Å². The van der Waals surface area contributed by atoms with E-state index >= 15 is 0 Å². The van der Waals surface area contributed by atoms with Gasteiger partial charge in [-0.3, -0.25) is 14.4 Å². The van der Waals surface area contributed by atoms with Gasteiger partial charge in [0.25, 0.3) is 5.92 Å². The number of hydrogen-bond acceptors (Lipinski definition) is 5. The average molecular weight is 516 g/mol. The lowest BCUT2D eigenvalue weighted by atomic mass is 9.71. The highest BCUT2D eigenvalue weighted by molar-refractivity contribution is 6.35. The van der Waals surface area contributed by atoms with Gasteiger partial charge in [-0.1, -0.05) is 6.07 Å². The van der Waals surface area contributed by atoms with Crippen molar-refractivity contribution >= 4 is 17.6 Å². The molecule has 36 heavy (non-hydrogen) atoms. The number of benzene rings is 1. The standard InChI is InChI=1S/C23H22F6N4O3/c1-12-14(17(34)9-13-2-3-16(24)15(8-13)23(27,28)29)5-7-33(12)20(36)19(35)31-21(10-22(25,26)11-21)18-4-6-30-32-18/h2-4,8,12,14H,5-7,9-11H2,1H3,(H,31,35)/t12-,14-/m0/s1. The molecule has 0 radical (unpaired) electrons. The number of carbonyl (C=O) groups is 3. The highest BCUT2D eigenvalue weighted by Gasteiger charge is 2.60. The third-order valence-corrected chi connectivity index (χ3v) is 6.85. The van der Waals surface area contributed by atoms with Crippen molar-refractivity contribution in [3.63, 3.8) is 0 Å². The van der Waals surface area contributed by atoms with Crippen LogP contribution < -0.4 is 5.32 Å². The Morgan fingerprint density at radius 1 is 1.19 bits per heavy atom. The van der Waals surface area contributed by atoms with E-state index in [2.05, 4.69) is 15.5 Å². The molecule has 4 rings (SSSR count). The predicted molar refractivity (Wildman–Crippen MR) is 112 cm³/mol. The summed E-state index contributed by atoms with van der Waals surface area (Å²) in [6, 6.07) is 1.54. The van der Waals surface area contributed by atoms with Gasteiger partial charge < -0.3 is 10.2 Å². The molecule has 0 unspecified atom stereocenters. The van der Waals surface area contributed by atoms with E-state index in [1.165, 1.54) is 13.0 Å². The van der Waals surface area contributed by atoms with Gasteiger partial charge in [0.2, 0.25) is 0 Å². The van der Waals surface area contributed by atoms with Crippen LogP contribution in [0, 0.1) is 11.7 Å². The van der Waals surface area contributed by atoms with E-state index in [-0.39, 0.29) is 30.8 Å². The van der Waals surface area contributed by atoms with Crippen molar-refractivity contribution in [1.82, 2.24) is 10.2 Å².